The number of phenolic OH excluding ortho intramolecular Hbond substituents is 1. The molecule has 8 nitrogen and oxygen atoms in total. The third-order valence-corrected chi connectivity index (χ3v) is 5.27. The summed E-state index contributed by atoms with van der Waals surface area (Å²) in [6.07, 6.45) is 3.19. The maximum Gasteiger partial charge on any atom is 0.408 e. The lowest BCUT2D eigenvalue weighted by atomic mass is 9.99. The van der Waals surface area contributed by atoms with E-state index in [4.69, 9.17) is 4.74 Å². The number of hydrogen-bond donors (Lipinski definition) is 3. The zero-order valence-electron chi connectivity index (χ0n) is 22.5. The summed E-state index contributed by atoms with van der Waals surface area (Å²) in [5, 5.41) is 15.8. The minimum Gasteiger partial charge on any atom is -0.508 e. The first-order chi connectivity index (χ1) is 16.4. The number of nitrogens with one attached hydrogen (secondary N) is 2. The molecule has 8 heteroatoms. The van der Waals surface area contributed by atoms with Crippen LogP contribution in [-0.4, -0.2) is 52.6 Å². The van der Waals surface area contributed by atoms with Crippen molar-refractivity contribution in [2.24, 2.45) is 5.92 Å². The predicted octanol–water partition coefficient (Wildman–Crippen LogP) is 4.92. The van der Waals surface area contributed by atoms with Gasteiger partial charge in [-0.15, -0.1) is 0 Å². The first-order valence-electron chi connectivity index (χ1n) is 12.8. The van der Waals surface area contributed by atoms with Crippen molar-refractivity contribution in [1.29, 1.82) is 0 Å². The van der Waals surface area contributed by atoms with E-state index in [9.17, 15) is 19.5 Å². The highest BCUT2D eigenvalue weighted by Gasteiger charge is 2.36. The number of amides is 3. The van der Waals surface area contributed by atoms with E-state index in [0.717, 1.165) is 19.3 Å². The molecule has 0 bridgehead atoms. The average molecular weight is 492 g/mol. The molecule has 35 heavy (non-hydrogen) atoms. The molecule has 198 valence electrons. The Hall–Kier alpha value is -2.77. The van der Waals surface area contributed by atoms with Crippen molar-refractivity contribution in [3.8, 4) is 5.75 Å². The van der Waals surface area contributed by atoms with Crippen molar-refractivity contribution < 1.29 is 24.2 Å². The van der Waals surface area contributed by atoms with Gasteiger partial charge in [-0.3, -0.25) is 9.59 Å². The van der Waals surface area contributed by atoms with Gasteiger partial charge in [-0.05, 0) is 63.6 Å². The molecular formula is C27H45N3O5. The van der Waals surface area contributed by atoms with Gasteiger partial charge < -0.3 is 25.4 Å². The number of carbonyl (C=O) groups is 3. The lowest BCUT2D eigenvalue weighted by Crippen LogP contribution is -2.53. The van der Waals surface area contributed by atoms with Gasteiger partial charge in [0.15, 0.2) is 0 Å². The zero-order chi connectivity index (χ0) is 26.6. The smallest absolute Gasteiger partial charge is 0.408 e. The van der Waals surface area contributed by atoms with Gasteiger partial charge in [0.25, 0.3) is 0 Å². The molecule has 3 amide bonds. The fourth-order valence-electron chi connectivity index (χ4n) is 3.80. The molecule has 0 spiro atoms. The van der Waals surface area contributed by atoms with E-state index >= 15 is 0 Å². The van der Waals surface area contributed by atoms with Crippen LogP contribution < -0.4 is 10.6 Å². The monoisotopic (exact) mass is 491 g/mol. The Balaban J connectivity index is 3.34. The third-order valence-electron chi connectivity index (χ3n) is 5.27. The summed E-state index contributed by atoms with van der Waals surface area (Å²) in [5.41, 5.74) is -0.193. The topological polar surface area (TPSA) is 108 Å². The molecule has 1 aromatic carbocycles. The largest absolute Gasteiger partial charge is 0.508 e. The molecule has 0 saturated carbocycles. The number of ether oxygens (including phenoxy) is 1. The molecule has 1 aromatic rings. The fourth-order valence-corrected chi connectivity index (χ4v) is 3.80. The number of aromatic hydroxyl groups is 1. The van der Waals surface area contributed by atoms with Crippen LogP contribution in [0.25, 0.3) is 0 Å². The normalized spacial score (nSPS) is 13.1. The highest BCUT2D eigenvalue weighted by Crippen LogP contribution is 2.26. The van der Waals surface area contributed by atoms with Crippen molar-refractivity contribution in [3.05, 3.63) is 29.8 Å². The van der Waals surface area contributed by atoms with Gasteiger partial charge in [0.1, 0.15) is 23.4 Å². The molecule has 0 aliphatic rings. The average Bonchev–Trinajstić information content (AvgIpc) is 2.74. The Morgan fingerprint density at radius 2 is 1.77 bits per heavy atom. The molecule has 0 radical (unpaired) electrons. The standard InChI is InChI=1S/C27H45N3O5/c1-8-10-11-15-28-24(32)23(20-13-12-14-21(31)18-20)30(16-9-2)25(33)22(17-19(3)4)29-26(34)35-27(5,6)7/h12-14,18-19,22-23,31H,8-11,15-17H2,1-7H3,(H,28,32)(H,29,34). The highest BCUT2D eigenvalue weighted by molar-refractivity contribution is 5.92. The Morgan fingerprint density at radius 1 is 1.09 bits per heavy atom. The van der Waals surface area contributed by atoms with Crippen LogP contribution in [0.3, 0.4) is 0 Å². The second-order valence-corrected chi connectivity index (χ2v) is 10.4. The minimum absolute atomic E-state index is 0.0146. The van der Waals surface area contributed by atoms with Crippen LogP contribution in [0.15, 0.2) is 24.3 Å². The summed E-state index contributed by atoms with van der Waals surface area (Å²) < 4.78 is 5.39. The van der Waals surface area contributed by atoms with Crippen molar-refractivity contribution in [1.82, 2.24) is 15.5 Å². The Bertz CT molecular complexity index is 819. The molecule has 1 rings (SSSR count). The number of unbranched alkanes of at least 4 members (excludes halogenated alkanes) is 2. The molecule has 0 aromatic heterocycles. The van der Waals surface area contributed by atoms with Gasteiger partial charge in [0.2, 0.25) is 11.8 Å². The van der Waals surface area contributed by atoms with E-state index < -0.39 is 23.8 Å². The second-order valence-electron chi connectivity index (χ2n) is 10.4. The maximum atomic E-state index is 13.9. The molecule has 0 aliphatic carbocycles. The summed E-state index contributed by atoms with van der Waals surface area (Å²) in [5.74, 6) is -0.539. The number of benzene rings is 1. The van der Waals surface area contributed by atoms with Gasteiger partial charge in [-0.1, -0.05) is 52.7 Å². The molecule has 2 atom stereocenters. The van der Waals surface area contributed by atoms with Crippen molar-refractivity contribution in [2.75, 3.05) is 13.1 Å². The van der Waals surface area contributed by atoms with Gasteiger partial charge >= 0.3 is 6.09 Å². The van der Waals surface area contributed by atoms with E-state index in [1.54, 1.807) is 32.9 Å². The zero-order valence-corrected chi connectivity index (χ0v) is 22.5. The molecule has 3 N–H and O–H groups in total. The SMILES string of the molecule is CCCCCNC(=O)C(c1cccc(O)c1)N(CCC)C(=O)C(CC(C)C)NC(=O)OC(C)(C)C. The van der Waals surface area contributed by atoms with Crippen LogP contribution in [0, 0.1) is 5.92 Å². The van der Waals surface area contributed by atoms with Crippen molar-refractivity contribution in [2.45, 2.75) is 98.3 Å². The second kappa shape index (κ2) is 14.6. The predicted molar refractivity (Wildman–Crippen MR) is 138 cm³/mol. The van der Waals surface area contributed by atoms with Crippen LogP contribution in [0.5, 0.6) is 5.75 Å². The number of hydrogen-bond acceptors (Lipinski definition) is 5. The van der Waals surface area contributed by atoms with Crippen LogP contribution >= 0.6 is 0 Å². The van der Waals surface area contributed by atoms with E-state index in [2.05, 4.69) is 17.6 Å². The van der Waals surface area contributed by atoms with Crippen LogP contribution in [0.2, 0.25) is 0 Å². The summed E-state index contributed by atoms with van der Waals surface area (Å²) in [4.78, 5) is 41.3. The number of alkyl carbamates (subject to hydrolysis) is 1. The Morgan fingerprint density at radius 3 is 2.31 bits per heavy atom. The van der Waals surface area contributed by atoms with E-state index in [0.29, 0.717) is 31.5 Å². The van der Waals surface area contributed by atoms with Crippen molar-refractivity contribution >= 4 is 17.9 Å². The molecule has 0 aliphatic heterocycles. The fraction of sp³-hybridized carbons (Fsp3) is 0.667. The number of phenols is 1. The number of carbonyl (C=O) groups excluding carboxylic acids is 3. The van der Waals surface area contributed by atoms with Gasteiger partial charge in [-0.25, -0.2) is 4.79 Å². The van der Waals surface area contributed by atoms with Crippen molar-refractivity contribution in [3.63, 3.8) is 0 Å². The lowest BCUT2D eigenvalue weighted by Gasteiger charge is -2.35. The summed E-state index contributed by atoms with van der Waals surface area (Å²) >= 11 is 0. The first-order valence-corrected chi connectivity index (χ1v) is 12.8. The van der Waals surface area contributed by atoms with E-state index in [1.807, 2.05) is 20.8 Å². The lowest BCUT2D eigenvalue weighted by molar-refractivity contribution is -0.142. The summed E-state index contributed by atoms with van der Waals surface area (Å²) in [6, 6.07) is 4.61. The Labute approximate surface area is 210 Å². The maximum absolute atomic E-state index is 13.9. The quantitative estimate of drug-likeness (QED) is 0.340. The molecule has 0 heterocycles. The van der Waals surface area contributed by atoms with Crippen LogP contribution in [0.4, 0.5) is 4.79 Å². The van der Waals surface area contributed by atoms with Crippen LogP contribution in [0.1, 0.15) is 92.2 Å². The molecule has 0 fully saturated rings. The summed E-state index contributed by atoms with van der Waals surface area (Å²) in [7, 11) is 0. The van der Waals surface area contributed by atoms with E-state index in [1.165, 1.54) is 17.0 Å². The third kappa shape index (κ3) is 11.0. The molecule has 2 unspecified atom stereocenters. The molecule has 0 saturated heterocycles. The minimum atomic E-state index is -0.939. The first kappa shape index (κ1) is 30.3. The number of rotatable bonds is 13. The van der Waals surface area contributed by atoms with Crippen LogP contribution in [-0.2, 0) is 14.3 Å². The highest BCUT2D eigenvalue weighted by atomic mass is 16.6. The van der Waals surface area contributed by atoms with Gasteiger partial charge in [0.05, 0.1) is 0 Å². The molecular weight excluding hydrogens is 446 g/mol. The Kier molecular flexibility index (Phi) is 12.6. The number of nitrogens with zero attached hydrogens (tertiary/aromatic N) is 1. The van der Waals surface area contributed by atoms with Gasteiger partial charge in [0, 0.05) is 13.1 Å². The van der Waals surface area contributed by atoms with Gasteiger partial charge in [-0.2, -0.15) is 0 Å². The summed E-state index contributed by atoms with van der Waals surface area (Å²) in [6.45, 7) is 14.0. The van der Waals surface area contributed by atoms with E-state index in [-0.39, 0.29) is 23.5 Å².